The SMILES string of the molecule is CC(Br)C(=O)OC1CC(C)(C)N(OC(C)c2ccccc2)C(C)(C)C1. The van der Waals surface area contributed by atoms with Crippen LogP contribution in [0.3, 0.4) is 0 Å². The average molecular weight is 412 g/mol. The van der Waals surface area contributed by atoms with E-state index >= 15 is 0 Å². The summed E-state index contributed by atoms with van der Waals surface area (Å²) < 4.78 is 5.69. The molecule has 1 aromatic rings. The molecule has 1 heterocycles. The number of benzene rings is 1. The van der Waals surface area contributed by atoms with Gasteiger partial charge in [-0.25, -0.2) is 0 Å². The van der Waals surface area contributed by atoms with Gasteiger partial charge in [-0.2, -0.15) is 5.06 Å². The Balaban J connectivity index is 2.13. The van der Waals surface area contributed by atoms with Gasteiger partial charge in [0.25, 0.3) is 0 Å². The lowest BCUT2D eigenvalue weighted by molar-refractivity contribution is -0.314. The highest BCUT2D eigenvalue weighted by Crippen LogP contribution is 2.41. The van der Waals surface area contributed by atoms with Gasteiger partial charge in [0.1, 0.15) is 17.0 Å². The minimum atomic E-state index is -0.286. The molecular weight excluding hydrogens is 382 g/mol. The smallest absolute Gasteiger partial charge is 0.319 e. The summed E-state index contributed by atoms with van der Waals surface area (Å²) in [5.41, 5.74) is 0.659. The van der Waals surface area contributed by atoms with Gasteiger partial charge in [0.2, 0.25) is 0 Å². The van der Waals surface area contributed by atoms with Crippen molar-refractivity contribution < 1.29 is 14.4 Å². The molecule has 0 radical (unpaired) electrons. The first-order valence-corrected chi connectivity index (χ1v) is 9.81. The third-order valence-electron chi connectivity index (χ3n) is 4.69. The average Bonchev–Trinajstić information content (AvgIpc) is 2.50. The first kappa shape index (κ1) is 20.4. The van der Waals surface area contributed by atoms with E-state index in [1.807, 2.05) is 18.2 Å². The molecule has 5 heteroatoms. The third kappa shape index (κ3) is 5.05. The van der Waals surface area contributed by atoms with Crippen molar-refractivity contribution in [2.75, 3.05) is 0 Å². The summed E-state index contributed by atoms with van der Waals surface area (Å²) in [5, 5.41) is 2.10. The molecule has 2 rings (SSSR count). The fourth-order valence-electron chi connectivity index (χ4n) is 3.74. The Morgan fingerprint density at radius 1 is 1.12 bits per heavy atom. The maximum Gasteiger partial charge on any atom is 0.319 e. The van der Waals surface area contributed by atoms with Crippen molar-refractivity contribution >= 4 is 21.9 Å². The number of ether oxygens (including phenoxy) is 1. The maximum absolute atomic E-state index is 12.0. The highest BCUT2D eigenvalue weighted by molar-refractivity contribution is 9.10. The van der Waals surface area contributed by atoms with Gasteiger partial charge in [-0.3, -0.25) is 9.63 Å². The standard InChI is InChI=1S/C20H30BrNO3/c1-14(21)18(23)24-17-12-19(3,4)22(20(5,6)13-17)25-15(2)16-10-8-7-9-11-16/h7-11,14-15,17H,12-13H2,1-6H3. The Morgan fingerprint density at radius 3 is 2.12 bits per heavy atom. The summed E-state index contributed by atoms with van der Waals surface area (Å²) in [6.45, 7) is 12.4. The van der Waals surface area contributed by atoms with E-state index in [0.717, 1.165) is 18.4 Å². The minimum absolute atomic E-state index is 0.0404. The fraction of sp³-hybridized carbons (Fsp3) is 0.650. The van der Waals surface area contributed by atoms with Crippen LogP contribution in [-0.4, -0.2) is 33.0 Å². The molecule has 4 nitrogen and oxygen atoms in total. The van der Waals surface area contributed by atoms with Gasteiger partial charge in [-0.05, 0) is 47.1 Å². The van der Waals surface area contributed by atoms with E-state index in [1.54, 1.807) is 6.92 Å². The molecule has 0 aliphatic carbocycles. The number of carbonyl (C=O) groups excluding carboxylic acids is 1. The van der Waals surface area contributed by atoms with Crippen molar-refractivity contribution in [2.45, 2.75) is 82.5 Å². The topological polar surface area (TPSA) is 38.8 Å². The van der Waals surface area contributed by atoms with Crippen molar-refractivity contribution in [3.05, 3.63) is 35.9 Å². The minimum Gasteiger partial charge on any atom is -0.461 e. The van der Waals surface area contributed by atoms with Crippen molar-refractivity contribution in [3.8, 4) is 0 Å². The number of rotatable bonds is 5. The van der Waals surface area contributed by atoms with Crippen molar-refractivity contribution in [2.24, 2.45) is 0 Å². The Kier molecular flexibility index (Phi) is 6.34. The zero-order chi connectivity index (χ0) is 18.8. The summed E-state index contributed by atoms with van der Waals surface area (Å²) in [4.78, 5) is 18.1. The Labute approximate surface area is 160 Å². The van der Waals surface area contributed by atoms with Crippen LogP contribution in [0.1, 0.15) is 66.1 Å². The number of halogens is 1. The number of carbonyl (C=O) groups is 1. The van der Waals surface area contributed by atoms with Crippen LogP contribution in [0.25, 0.3) is 0 Å². The van der Waals surface area contributed by atoms with Gasteiger partial charge in [0.15, 0.2) is 0 Å². The molecule has 0 saturated carbocycles. The van der Waals surface area contributed by atoms with Gasteiger partial charge in [0.05, 0.1) is 0 Å². The summed E-state index contributed by atoms with van der Waals surface area (Å²) in [7, 11) is 0. The predicted octanol–water partition coefficient (Wildman–Crippen LogP) is 5.03. The molecule has 0 amide bonds. The lowest BCUT2D eigenvalue weighted by Gasteiger charge is -2.54. The Hall–Kier alpha value is -0.910. The van der Waals surface area contributed by atoms with Crippen LogP contribution in [0.15, 0.2) is 30.3 Å². The fourth-order valence-corrected chi connectivity index (χ4v) is 3.85. The molecular formula is C20H30BrNO3. The van der Waals surface area contributed by atoms with E-state index in [-0.39, 0.29) is 34.1 Å². The molecule has 2 unspecified atom stereocenters. The Morgan fingerprint density at radius 2 is 1.64 bits per heavy atom. The highest BCUT2D eigenvalue weighted by atomic mass is 79.9. The molecule has 0 N–H and O–H groups in total. The number of hydrogen-bond donors (Lipinski definition) is 0. The normalized spacial score (nSPS) is 23.0. The molecule has 1 saturated heterocycles. The van der Waals surface area contributed by atoms with E-state index in [0.29, 0.717) is 0 Å². The van der Waals surface area contributed by atoms with E-state index in [1.165, 1.54) is 0 Å². The van der Waals surface area contributed by atoms with Gasteiger partial charge in [-0.15, -0.1) is 0 Å². The molecule has 1 aromatic carbocycles. The van der Waals surface area contributed by atoms with Crippen LogP contribution < -0.4 is 0 Å². The van der Waals surface area contributed by atoms with Crippen LogP contribution >= 0.6 is 15.9 Å². The number of piperidine rings is 1. The van der Waals surface area contributed by atoms with E-state index in [9.17, 15) is 4.79 Å². The number of alkyl halides is 1. The first-order chi connectivity index (χ1) is 11.5. The second kappa shape index (κ2) is 7.77. The monoisotopic (exact) mass is 411 g/mol. The van der Waals surface area contributed by atoms with Crippen LogP contribution in [0.2, 0.25) is 0 Å². The summed E-state index contributed by atoms with van der Waals surface area (Å²) in [6.07, 6.45) is 1.33. The van der Waals surface area contributed by atoms with Gasteiger partial charge in [-0.1, -0.05) is 46.3 Å². The molecule has 1 fully saturated rings. The van der Waals surface area contributed by atoms with Gasteiger partial charge in [0, 0.05) is 23.9 Å². The van der Waals surface area contributed by atoms with Crippen LogP contribution in [-0.2, 0) is 14.4 Å². The molecule has 0 spiro atoms. The number of nitrogens with zero attached hydrogens (tertiary/aromatic N) is 1. The molecule has 25 heavy (non-hydrogen) atoms. The number of esters is 1. The second-order valence-corrected chi connectivity index (χ2v) is 9.53. The molecule has 1 aliphatic heterocycles. The lowest BCUT2D eigenvalue weighted by Crippen LogP contribution is -2.62. The van der Waals surface area contributed by atoms with Crippen molar-refractivity contribution in [3.63, 3.8) is 0 Å². The van der Waals surface area contributed by atoms with Crippen LogP contribution in [0.4, 0.5) is 0 Å². The summed E-state index contributed by atoms with van der Waals surface area (Å²) >= 11 is 3.28. The molecule has 2 atom stereocenters. The first-order valence-electron chi connectivity index (χ1n) is 8.89. The molecule has 0 aromatic heterocycles. The quantitative estimate of drug-likeness (QED) is 0.503. The number of hydroxylamine groups is 2. The van der Waals surface area contributed by atoms with E-state index in [4.69, 9.17) is 9.57 Å². The summed E-state index contributed by atoms with van der Waals surface area (Å²) in [5.74, 6) is -0.205. The lowest BCUT2D eigenvalue weighted by atomic mass is 9.80. The van der Waals surface area contributed by atoms with Crippen LogP contribution in [0, 0.1) is 0 Å². The highest BCUT2D eigenvalue weighted by Gasteiger charge is 2.48. The molecule has 1 aliphatic rings. The Bertz CT molecular complexity index is 568. The summed E-state index contributed by atoms with van der Waals surface area (Å²) in [6, 6.07) is 10.2. The number of hydrogen-bond acceptors (Lipinski definition) is 4. The largest absolute Gasteiger partial charge is 0.461 e. The van der Waals surface area contributed by atoms with Crippen molar-refractivity contribution in [1.29, 1.82) is 0 Å². The van der Waals surface area contributed by atoms with E-state index in [2.05, 4.69) is 67.7 Å². The second-order valence-electron chi connectivity index (χ2n) is 8.16. The van der Waals surface area contributed by atoms with Gasteiger partial charge < -0.3 is 4.74 Å². The molecule has 140 valence electrons. The van der Waals surface area contributed by atoms with Crippen LogP contribution in [0.5, 0.6) is 0 Å². The predicted molar refractivity (Wildman–Crippen MR) is 103 cm³/mol. The maximum atomic E-state index is 12.0. The van der Waals surface area contributed by atoms with Gasteiger partial charge >= 0.3 is 5.97 Å². The third-order valence-corrected chi connectivity index (χ3v) is 5.07. The zero-order valence-corrected chi connectivity index (χ0v) is 17.7. The van der Waals surface area contributed by atoms with Crippen molar-refractivity contribution in [1.82, 2.24) is 5.06 Å². The molecule has 0 bridgehead atoms. The van der Waals surface area contributed by atoms with E-state index < -0.39 is 0 Å². The zero-order valence-electron chi connectivity index (χ0n) is 16.1.